The van der Waals surface area contributed by atoms with Crippen LogP contribution in [0.4, 0.5) is 0 Å². The number of carbonyl (C=O) groups excluding carboxylic acids is 5. The highest BCUT2D eigenvalue weighted by Gasteiger charge is 2.40. The van der Waals surface area contributed by atoms with Gasteiger partial charge in [-0.3, -0.25) is 19.2 Å². The number of esters is 4. The molecule has 1 amide bonds. The van der Waals surface area contributed by atoms with E-state index in [9.17, 15) is 28.8 Å². The Hall–Kier alpha value is -6.04. The van der Waals surface area contributed by atoms with Gasteiger partial charge in [0.15, 0.2) is 6.10 Å². The molecule has 1 atom stereocenters. The van der Waals surface area contributed by atoms with Crippen LogP contribution < -0.4 is 14.8 Å². The lowest BCUT2D eigenvalue weighted by Crippen LogP contribution is -2.49. The summed E-state index contributed by atoms with van der Waals surface area (Å²) in [5.41, 5.74) is -1.56. The van der Waals surface area contributed by atoms with Crippen molar-refractivity contribution in [2.75, 3.05) is 13.2 Å². The van der Waals surface area contributed by atoms with Gasteiger partial charge in [-0.15, -0.1) is 0 Å². The van der Waals surface area contributed by atoms with Crippen molar-refractivity contribution in [3.8, 4) is 11.5 Å². The molecular weight excluding hydrogens is 730 g/mol. The molecule has 0 saturated carbocycles. The third-order valence-corrected chi connectivity index (χ3v) is 8.00. The highest BCUT2D eigenvalue weighted by atomic mass is 16.6. The molecule has 12 heteroatoms. The molecule has 306 valence electrons. The van der Waals surface area contributed by atoms with Crippen LogP contribution in [0.3, 0.4) is 0 Å². The summed E-state index contributed by atoms with van der Waals surface area (Å²) in [6.45, 7) is 5.87. The first-order chi connectivity index (χ1) is 27.4. The fraction of sp³-hybridized carbons (Fsp3) is 0.378. The lowest BCUT2D eigenvalue weighted by atomic mass is 9.86. The molecule has 0 heterocycles. The van der Waals surface area contributed by atoms with E-state index in [0.717, 1.165) is 32.1 Å². The molecule has 2 aromatic carbocycles. The lowest BCUT2D eigenvalue weighted by molar-refractivity contribution is -0.153. The van der Waals surface area contributed by atoms with Crippen LogP contribution in [0.2, 0.25) is 0 Å². The Kier molecular flexibility index (Phi) is 22.1. The standard InChI is InChI=1S/C45H55NO11/c1-5-6-7-8-9-10-11-12-13-14-15-16-17-18-19-20-21-30-40(50)54-33-45(3,4)41(42(51)46-32-31-39(48)49)57-44(53)36-27-23-25-29-38(36)56-43(52)35-26-22-24-28-37(35)55-34(2)47/h6-7,9-10,12-13,15-16,18-19,22-29,41H,5,8,11,14,17,20-21,30-33H2,1-4H3,(H,46,51)(H,48,49)/b7-6-,10-9-,13-12-,16-15-,19-18-. The number of carboxylic acids is 1. The number of carboxylic acid groups (broad SMARTS) is 1. The van der Waals surface area contributed by atoms with Crippen molar-refractivity contribution < 1.29 is 52.8 Å². The van der Waals surface area contributed by atoms with Gasteiger partial charge in [-0.2, -0.15) is 0 Å². The van der Waals surface area contributed by atoms with Crippen molar-refractivity contribution >= 4 is 35.8 Å². The van der Waals surface area contributed by atoms with Crippen LogP contribution >= 0.6 is 0 Å². The van der Waals surface area contributed by atoms with Crippen LogP contribution in [0.1, 0.15) is 106 Å². The number of carbonyl (C=O) groups is 6. The minimum atomic E-state index is -1.55. The quantitative estimate of drug-likeness (QED) is 0.0428. The van der Waals surface area contributed by atoms with Crippen molar-refractivity contribution in [3.63, 3.8) is 0 Å². The van der Waals surface area contributed by atoms with Crippen molar-refractivity contribution in [2.24, 2.45) is 5.41 Å². The maximum absolute atomic E-state index is 13.6. The van der Waals surface area contributed by atoms with Crippen molar-refractivity contribution in [1.82, 2.24) is 5.32 Å². The number of para-hydroxylation sites is 2. The lowest BCUT2D eigenvalue weighted by Gasteiger charge is -2.32. The second kappa shape index (κ2) is 26.7. The van der Waals surface area contributed by atoms with Crippen LogP contribution in [0.15, 0.2) is 109 Å². The molecule has 0 aliphatic heterocycles. The molecule has 2 N–H and O–H groups in total. The number of benzene rings is 2. The van der Waals surface area contributed by atoms with Crippen LogP contribution in [0.5, 0.6) is 11.5 Å². The van der Waals surface area contributed by atoms with Crippen LogP contribution in [-0.2, 0) is 28.7 Å². The average Bonchev–Trinajstić information content (AvgIpc) is 3.17. The third-order valence-electron chi connectivity index (χ3n) is 8.00. The Labute approximate surface area is 335 Å². The molecule has 0 aliphatic carbocycles. The van der Waals surface area contributed by atoms with Crippen molar-refractivity contribution in [3.05, 3.63) is 120 Å². The van der Waals surface area contributed by atoms with Gasteiger partial charge < -0.3 is 29.4 Å². The molecular formula is C45H55NO11. The smallest absolute Gasteiger partial charge is 0.347 e. The molecule has 2 rings (SSSR count). The van der Waals surface area contributed by atoms with Crippen LogP contribution in [0, 0.1) is 5.41 Å². The normalized spacial score (nSPS) is 12.4. The molecule has 0 radical (unpaired) electrons. The summed E-state index contributed by atoms with van der Waals surface area (Å²) in [6, 6.07) is 11.6. The van der Waals surface area contributed by atoms with Crippen LogP contribution in [-0.4, -0.2) is 60.1 Å². The number of aliphatic carboxylic acids is 1. The minimum absolute atomic E-state index is 0.0429. The molecule has 0 bridgehead atoms. The SMILES string of the molecule is CC/C=C\C/C=C\C/C=C\C/C=C\C/C=C\CCCC(=O)OCC(C)(C)C(OC(=O)c1ccccc1OC(=O)c1ccccc1OC(C)=O)C(=O)NCCC(=O)O. The summed E-state index contributed by atoms with van der Waals surface area (Å²) in [6.07, 6.45) is 25.1. The number of hydrogen-bond donors (Lipinski definition) is 2. The Morgan fingerprint density at radius 2 is 1.21 bits per heavy atom. The second-order valence-corrected chi connectivity index (χ2v) is 13.4. The first-order valence-electron chi connectivity index (χ1n) is 19.0. The number of nitrogens with one attached hydrogen (secondary N) is 1. The summed E-state index contributed by atoms with van der Waals surface area (Å²) >= 11 is 0. The third kappa shape index (κ3) is 19.4. The highest BCUT2D eigenvalue weighted by Crippen LogP contribution is 2.29. The van der Waals surface area contributed by atoms with Gasteiger partial charge in [0, 0.05) is 25.3 Å². The zero-order valence-electron chi connectivity index (χ0n) is 33.3. The van der Waals surface area contributed by atoms with Gasteiger partial charge in [0.05, 0.1) is 6.42 Å². The molecule has 0 saturated heterocycles. The van der Waals surface area contributed by atoms with Gasteiger partial charge in [0.2, 0.25) is 0 Å². The van der Waals surface area contributed by atoms with Gasteiger partial charge in [0.25, 0.3) is 5.91 Å². The summed E-state index contributed by atoms with van der Waals surface area (Å²) < 4.78 is 21.8. The van der Waals surface area contributed by atoms with E-state index >= 15 is 0 Å². The largest absolute Gasteiger partial charge is 0.481 e. The summed E-state index contributed by atoms with van der Waals surface area (Å²) in [7, 11) is 0. The first-order valence-corrected chi connectivity index (χ1v) is 19.0. The number of unbranched alkanes of at least 4 members (excludes halogenated alkanes) is 1. The summed E-state index contributed by atoms with van der Waals surface area (Å²) in [5.74, 6) is -5.32. The van der Waals surface area contributed by atoms with Crippen molar-refractivity contribution in [2.45, 2.75) is 91.6 Å². The van der Waals surface area contributed by atoms with E-state index in [0.29, 0.717) is 12.8 Å². The van der Waals surface area contributed by atoms with Gasteiger partial charge in [-0.05, 0) is 69.2 Å². The summed E-state index contributed by atoms with van der Waals surface area (Å²) in [4.78, 5) is 75.3. The van der Waals surface area contributed by atoms with E-state index in [1.807, 2.05) is 12.2 Å². The predicted octanol–water partition coefficient (Wildman–Crippen LogP) is 8.44. The zero-order chi connectivity index (χ0) is 41.9. The van der Waals surface area contributed by atoms with E-state index in [2.05, 4.69) is 60.8 Å². The molecule has 1 unspecified atom stereocenters. The maximum Gasteiger partial charge on any atom is 0.347 e. The number of rotatable bonds is 25. The van der Waals surface area contributed by atoms with Gasteiger partial charge in [0.1, 0.15) is 29.2 Å². The van der Waals surface area contributed by atoms with E-state index < -0.39 is 47.3 Å². The fourth-order valence-electron chi connectivity index (χ4n) is 5.03. The second-order valence-electron chi connectivity index (χ2n) is 13.4. The number of ether oxygens (including phenoxy) is 4. The highest BCUT2D eigenvalue weighted by molar-refractivity contribution is 5.99. The van der Waals surface area contributed by atoms with Crippen molar-refractivity contribution in [1.29, 1.82) is 0 Å². The molecule has 0 spiro atoms. The Morgan fingerprint density at radius 1 is 0.702 bits per heavy atom. The van der Waals surface area contributed by atoms with E-state index in [4.69, 9.17) is 24.1 Å². The predicted molar refractivity (Wildman–Crippen MR) is 217 cm³/mol. The summed E-state index contributed by atoms with van der Waals surface area (Å²) in [5, 5.41) is 11.5. The first kappa shape index (κ1) is 47.1. The molecule has 57 heavy (non-hydrogen) atoms. The maximum atomic E-state index is 13.6. The average molecular weight is 786 g/mol. The number of allylic oxidation sites excluding steroid dienone is 10. The number of hydrogen-bond acceptors (Lipinski definition) is 10. The molecule has 0 aliphatic rings. The minimum Gasteiger partial charge on any atom is -0.481 e. The Morgan fingerprint density at radius 3 is 1.75 bits per heavy atom. The molecule has 2 aromatic rings. The van der Waals surface area contributed by atoms with Gasteiger partial charge in [-0.1, -0.05) is 106 Å². The van der Waals surface area contributed by atoms with E-state index in [-0.39, 0.29) is 48.6 Å². The van der Waals surface area contributed by atoms with Gasteiger partial charge >= 0.3 is 29.8 Å². The van der Waals surface area contributed by atoms with E-state index in [1.165, 1.54) is 43.3 Å². The van der Waals surface area contributed by atoms with Crippen LogP contribution in [0.25, 0.3) is 0 Å². The Bertz CT molecular complexity index is 1780. The Balaban J connectivity index is 1.97. The zero-order valence-corrected chi connectivity index (χ0v) is 33.3. The molecule has 0 aromatic heterocycles. The fourth-order valence-corrected chi connectivity index (χ4v) is 5.03. The molecule has 12 nitrogen and oxygen atoms in total. The topological polar surface area (TPSA) is 172 Å². The van der Waals surface area contributed by atoms with Gasteiger partial charge in [-0.25, -0.2) is 9.59 Å². The molecule has 0 fully saturated rings. The van der Waals surface area contributed by atoms with E-state index in [1.54, 1.807) is 26.0 Å². The number of amides is 1. The monoisotopic (exact) mass is 785 g/mol.